The van der Waals surface area contributed by atoms with Crippen molar-refractivity contribution < 1.29 is 9.90 Å². The van der Waals surface area contributed by atoms with Crippen molar-refractivity contribution in [2.75, 3.05) is 5.75 Å². The molecule has 6 heteroatoms. The summed E-state index contributed by atoms with van der Waals surface area (Å²) < 4.78 is 2.10. The van der Waals surface area contributed by atoms with Crippen molar-refractivity contribution in [3.8, 4) is 0 Å². The Labute approximate surface area is 120 Å². The van der Waals surface area contributed by atoms with E-state index in [1.165, 1.54) is 21.5 Å². The molecule has 0 saturated heterocycles. The zero-order valence-electron chi connectivity index (χ0n) is 11.1. The number of thiophene rings is 1. The molecule has 19 heavy (non-hydrogen) atoms. The van der Waals surface area contributed by atoms with Gasteiger partial charge < -0.3 is 9.67 Å². The summed E-state index contributed by atoms with van der Waals surface area (Å²) in [6.45, 7) is 6.20. The highest BCUT2D eigenvalue weighted by Gasteiger charge is 2.17. The van der Waals surface area contributed by atoms with Crippen molar-refractivity contribution in [2.24, 2.45) is 0 Å². The molecular formula is C13H16N2O2S2. The number of aromatic nitrogens is 2. The van der Waals surface area contributed by atoms with Crippen molar-refractivity contribution in [1.29, 1.82) is 0 Å². The summed E-state index contributed by atoms with van der Waals surface area (Å²) in [5, 5.41) is 9.54. The number of carbonyl (C=O) groups is 1. The first-order chi connectivity index (χ1) is 8.99. The van der Waals surface area contributed by atoms with E-state index in [1.54, 1.807) is 17.5 Å². The third-order valence-electron chi connectivity index (χ3n) is 2.83. The molecule has 0 aromatic carbocycles. The van der Waals surface area contributed by atoms with Crippen LogP contribution in [0.1, 0.15) is 28.4 Å². The van der Waals surface area contributed by atoms with Gasteiger partial charge in [0.05, 0.1) is 11.8 Å². The predicted octanol–water partition coefficient (Wildman–Crippen LogP) is 3.35. The number of thioether (sulfide) groups is 1. The topological polar surface area (TPSA) is 55.1 Å². The van der Waals surface area contributed by atoms with Crippen molar-refractivity contribution in [3.63, 3.8) is 0 Å². The number of aliphatic carboxylic acids is 1. The Morgan fingerprint density at radius 2 is 2.26 bits per heavy atom. The molecule has 0 aliphatic carbocycles. The molecule has 102 valence electrons. The molecule has 2 aromatic heterocycles. The fourth-order valence-corrected chi connectivity index (χ4v) is 3.67. The van der Waals surface area contributed by atoms with Gasteiger partial charge in [-0.05, 0) is 32.9 Å². The number of carboxylic acids is 1. The fourth-order valence-electron chi connectivity index (χ4n) is 1.93. The normalized spacial score (nSPS) is 12.6. The number of hydrogen-bond acceptors (Lipinski definition) is 4. The average molecular weight is 296 g/mol. The van der Waals surface area contributed by atoms with Gasteiger partial charge in [-0.2, -0.15) is 0 Å². The van der Waals surface area contributed by atoms with E-state index in [1.807, 2.05) is 6.92 Å². The number of hydrogen-bond donors (Lipinski definition) is 1. The number of rotatable bonds is 5. The van der Waals surface area contributed by atoms with Crippen molar-refractivity contribution >= 4 is 29.1 Å². The van der Waals surface area contributed by atoms with Gasteiger partial charge in [-0.1, -0.05) is 11.8 Å². The lowest BCUT2D eigenvalue weighted by Crippen LogP contribution is -2.09. The van der Waals surface area contributed by atoms with E-state index in [4.69, 9.17) is 5.11 Å². The van der Waals surface area contributed by atoms with Crippen LogP contribution in [-0.2, 0) is 4.79 Å². The lowest BCUT2D eigenvalue weighted by atomic mass is 10.2. The first-order valence-electron chi connectivity index (χ1n) is 5.93. The Bertz CT molecular complexity index is 589. The SMILES string of the molecule is Cc1ccc(C(C)n2c(C)cnc2SCC(=O)O)s1. The maximum atomic E-state index is 10.7. The van der Waals surface area contributed by atoms with Crippen LogP contribution in [-0.4, -0.2) is 26.4 Å². The lowest BCUT2D eigenvalue weighted by Gasteiger charge is -2.16. The molecule has 0 aliphatic rings. The van der Waals surface area contributed by atoms with E-state index in [-0.39, 0.29) is 11.8 Å². The first kappa shape index (κ1) is 14.1. The molecule has 2 rings (SSSR count). The number of aryl methyl sites for hydroxylation is 2. The van der Waals surface area contributed by atoms with Crippen LogP contribution in [0.25, 0.3) is 0 Å². The third kappa shape index (κ3) is 3.19. The standard InChI is InChI=1S/C13H16N2O2S2/c1-8-6-14-13(18-7-12(16)17)15(8)10(3)11-5-4-9(2)19-11/h4-6,10H,7H2,1-3H3,(H,16,17). The third-order valence-corrected chi connectivity index (χ3v) is 4.96. The summed E-state index contributed by atoms with van der Waals surface area (Å²) in [4.78, 5) is 17.5. The van der Waals surface area contributed by atoms with Gasteiger partial charge in [0.25, 0.3) is 0 Å². The molecule has 4 nitrogen and oxygen atoms in total. The average Bonchev–Trinajstić information content (AvgIpc) is 2.92. The minimum absolute atomic E-state index is 0.0344. The zero-order valence-corrected chi connectivity index (χ0v) is 12.7. The van der Waals surface area contributed by atoms with Crippen LogP contribution < -0.4 is 0 Å². The van der Waals surface area contributed by atoms with Crippen LogP contribution in [0, 0.1) is 13.8 Å². The molecule has 0 amide bonds. The van der Waals surface area contributed by atoms with Gasteiger partial charge in [0.2, 0.25) is 0 Å². The number of imidazole rings is 1. The zero-order chi connectivity index (χ0) is 14.0. The molecule has 0 fully saturated rings. The molecule has 0 bridgehead atoms. The Balaban J connectivity index is 2.27. The monoisotopic (exact) mass is 296 g/mol. The summed E-state index contributed by atoms with van der Waals surface area (Å²) in [6, 6.07) is 4.40. The van der Waals surface area contributed by atoms with E-state index < -0.39 is 5.97 Å². The van der Waals surface area contributed by atoms with E-state index >= 15 is 0 Å². The fraction of sp³-hybridized carbons (Fsp3) is 0.385. The summed E-state index contributed by atoms with van der Waals surface area (Å²) in [5.74, 6) is -0.788. The molecule has 1 N–H and O–H groups in total. The molecule has 1 atom stereocenters. The molecule has 0 aliphatic heterocycles. The van der Waals surface area contributed by atoms with E-state index in [2.05, 4.69) is 35.5 Å². The highest BCUT2D eigenvalue weighted by atomic mass is 32.2. The first-order valence-corrected chi connectivity index (χ1v) is 7.74. The highest BCUT2D eigenvalue weighted by molar-refractivity contribution is 7.99. The largest absolute Gasteiger partial charge is 0.481 e. The van der Waals surface area contributed by atoms with Gasteiger partial charge in [-0.3, -0.25) is 4.79 Å². The Morgan fingerprint density at radius 1 is 1.53 bits per heavy atom. The Kier molecular flexibility index (Phi) is 4.31. The minimum Gasteiger partial charge on any atom is -0.481 e. The van der Waals surface area contributed by atoms with Crippen LogP contribution >= 0.6 is 23.1 Å². The van der Waals surface area contributed by atoms with Gasteiger partial charge in [0.1, 0.15) is 0 Å². The maximum Gasteiger partial charge on any atom is 0.313 e. The van der Waals surface area contributed by atoms with Crippen molar-refractivity contribution in [3.05, 3.63) is 33.8 Å². The minimum atomic E-state index is -0.822. The molecular weight excluding hydrogens is 280 g/mol. The maximum absolute atomic E-state index is 10.7. The predicted molar refractivity (Wildman–Crippen MR) is 78.2 cm³/mol. The van der Waals surface area contributed by atoms with E-state index in [0.717, 1.165) is 10.9 Å². The summed E-state index contributed by atoms with van der Waals surface area (Å²) in [6.07, 6.45) is 1.79. The lowest BCUT2D eigenvalue weighted by molar-refractivity contribution is -0.133. The Hall–Kier alpha value is -1.27. The van der Waals surface area contributed by atoms with Crippen molar-refractivity contribution in [2.45, 2.75) is 32.0 Å². The van der Waals surface area contributed by atoms with Gasteiger partial charge >= 0.3 is 5.97 Å². The van der Waals surface area contributed by atoms with E-state index in [0.29, 0.717) is 0 Å². The van der Waals surface area contributed by atoms with E-state index in [9.17, 15) is 4.79 Å². The van der Waals surface area contributed by atoms with Crippen LogP contribution in [0.4, 0.5) is 0 Å². The molecule has 2 aromatic rings. The summed E-state index contributed by atoms with van der Waals surface area (Å²) in [7, 11) is 0. The highest BCUT2D eigenvalue weighted by Crippen LogP contribution is 2.30. The van der Waals surface area contributed by atoms with Crippen LogP contribution in [0.2, 0.25) is 0 Å². The number of nitrogens with zero attached hydrogens (tertiary/aromatic N) is 2. The van der Waals surface area contributed by atoms with Crippen LogP contribution in [0.5, 0.6) is 0 Å². The Morgan fingerprint density at radius 3 is 2.84 bits per heavy atom. The van der Waals surface area contributed by atoms with Crippen LogP contribution in [0.3, 0.4) is 0 Å². The van der Waals surface area contributed by atoms with Gasteiger partial charge in [0, 0.05) is 21.6 Å². The van der Waals surface area contributed by atoms with Gasteiger partial charge in [0.15, 0.2) is 5.16 Å². The number of carboxylic acid groups (broad SMARTS) is 1. The van der Waals surface area contributed by atoms with Crippen molar-refractivity contribution in [1.82, 2.24) is 9.55 Å². The second kappa shape index (κ2) is 5.79. The smallest absolute Gasteiger partial charge is 0.313 e. The summed E-state index contributed by atoms with van der Waals surface area (Å²) in [5.41, 5.74) is 1.05. The summed E-state index contributed by atoms with van der Waals surface area (Å²) >= 11 is 3.02. The van der Waals surface area contributed by atoms with Gasteiger partial charge in [-0.15, -0.1) is 11.3 Å². The molecule has 1 unspecified atom stereocenters. The molecule has 2 heterocycles. The molecule has 0 radical (unpaired) electrons. The second-order valence-electron chi connectivity index (χ2n) is 4.36. The molecule has 0 spiro atoms. The second-order valence-corrected chi connectivity index (χ2v) is 6.62. The quantitative estimate of drug-likeness (QED) is 0.860. The molecule has 0 saturated carbocycles. The van der Waals surface area contributed by atoms with Crippen LogP contribution in [0.15, 0.2) is 23.5 Å². The van der Waals surface area contributed by atoms with Gasteiger partial charge in [-0.25, -0.2) is 4.98 Å².